The summed E-state index contributed by atoms with van der Waals surface area (Å²) in [5.41, 5.74) is 7.13. The van der Waals surface area contributed by atoms with E-state index in [1.807, 2.05) is 19.2 Å². The Bertz CT molecular complexity index is 432. The Kier molecular flexibility index (Phi) is 1.81. The molecule has 2 rings (SSSR count). The van der Waals surface area contributed by atoms with Crippen LogP contribution in [0.25, 0.3) is 11.5 Å². The van der Waals surface area contributed by atoms with Gasteiger partial charge in [0.25, 0.3) is 0 Å². The van der Waals surface area contributed by atoms with Gasteiger partial charge in [0, 0.05) is 12.3 Å². The van der Waals surface area contributed by atoms with Crippen LogP contribution in [0.5, 0.6) is 0 Å². The highest BCUT2D eigenvalue weighted by atomic mass is 32.1. The van der Waals surface area contributed by atoms with E-state index >= 15 is 0 Å². The van der Waals surface area contributed by atoms with Crippen LogP contribution >= 0.6 is 11.3 Å². The SMILES string of the molecule is Cc1nc(C)c(-c2csc(N)n2)o1. The standard InChI is InChI=1S/C8H9N3OS/c1-4-7(12-5(2)10-4)6-3-13-8(9)11-6/h3H,1-2H3,(H2,9,11). The second-order valence-corrected chi connectivity index (χ2v) is 3.61. The largest absolute Gasteiger partial charge is 0.439 e. The van der Waals surface area contributed by atoms with Crippen LogP contribution in [0.3, 0.4) is 0 Å². The maximum absolute atomic E-state index is 5.52. The molecule has 0 saturated heterocycles. The number of hydrogen-bond donors (Lipinski definition) is 1. The molecule has 0 unspecified atom stereocenters. The molecule has 0 aliphatic carbocycles. The Morgan fingerprint density at radius 2 is 2.15 bits per heavy atom. The quantitative estimate of drug-likeness (QED) is 0.755. The summed E-state index contributed by atoms with van der Waals surface area (Å²) in [6, 6.07) is 0. The molecule has 0 spiro atoms. The zero-order valence-electron chi connectivity index (χ0n) is 7.37. The summed E-state index contributed by atoms with van der Waals surface area (Å²) in [4.78, 5) is 8.27. The van der Waals surface area contributed by atoms with E-state index in [0.717, 1.165) is 11.4 Å². The predicted molar refractivity (Wildman–Crippen MR) is 51.5 cm³/mol. The van der Waals surface area contributed by atoms with Gasteiger partial charge >= 0.3 is 0 Å². The maximum Gasteiger partial charge on any atom is 0.192 e. The number of anilines is 1. The molecule has 0 aliphatic rings. The fraction of sp³-hybridized carbons (Fsp3) is 0.250. The molecule has 0 aliphatic heterocycles. The normalized spacial score (nSPS) is 10.6. The van der Waals surface area contributed by atoms with Crippen molar-refractivity contribution in [1.82, 2.24) is 9.97 Å². The summed E-state index contributed by atoms with van der Waals surface area (Å²) in [5, 5.41) is 2.41. The van der Waals surface area contributed by atoms with Crippen molar-refractivity contribution in [2.45, 2.75) is 13.8 Å². The molecule has 2 aromatic heterocycles. The van der Waals surface area contributed by atoms with Crippen molar-refractivity contribution in [2.24, 2.45) is 0 Å². The van der Waals surface area contributed by atoms with Crippen molar-refractivity contribution in [3.8, 4) is 11.5 Å². The Balaban J connectivity index is 2.51. The second kappa shape index (κ2) is 2.85. The Labute approximate surface area is 79.4 Å². The highest BCUT2D eigenvalue weighted by Gasteiger charge is 2.11. The monoisotopic (exact) mass is 195 g/mol. The third kappa shape index (κ3) is 1.42. The van der Waals surface area contributed by atoms with Crippen LogP contribution in [0.2, 0.25) is 0 Å². The van der Waals surface area contributed by atoms with E-state index in [9.17, 15) is 0 Å². The number of nitrogens with zero attached hydrogens (tertiary/aromatic N) is 2. The summed E-state index contributed by atoms with van der Waals surface area (Å²) in [6.07, 6.45) is 0. The predicted octanol–water partition coefficient (Wildman–Crippen LogP) is 2.00. The van der Waals surface area contributed by atoms with E-state index in [4.69, 9.17) is 10.2 Å². The Hall–Kier alpha value is -1.36. The van der Waals surface area contributed by atoms with Gasteiger partial charge in [-0.1, -0.05) is 0 Å². The lowest BCUT2D eigenvalue weighted by Gasteiger charge is -1.88. The number of hydrogen-bond acceptors (Lipinski definition) is 5. The topological polar surface area (TPSA) is 64.9 Å². The van der Waals surface area contributed by atoms with E-state index in [1.165, 1.54) is 11.3 Å². The fourth-order valence-corrected chi connectivity index (χ4v) is 1.70. The summed E-state index contributed by atoms with van der Waals surface area (Å²) in [6.45, 7) is 3.70. The zero-order valence-corrected chi connectivity index (χ0v) is 8.18. The highest BCUT2D eigenvalue weighted by molar-refractivity contribution is 7.13. The van der Waals surface area contributed by atoms with Crippen molar-refractivity contribution < 1.29 is 4.42 Å². The minimum absolute atomic E-state index is 0.545. The molecule has 0 bridgehead atoms. The second-order valence-electron chi connectivity index (χ2n) is 2.72. The van der Waals surface area contributed by atoms with Crippen molar-refractivity contribution in [2.75, 3.05) is 5.73 Å². The highest BCUT2D eigenvalue weighted by Crippen LogP contribution is 2.26. The molecule has 0 radical (unpaired) electrons. The van der Waals surface area contributed by atoms with Crippen LogP contribution in [0.4, 0.5) is 5.13 Å². The van der Waals surface area contributed by atoms with E-state index in [0.29, 0.717) is 16.8 Å². The lowest BCUT2D eigenvalue weighted by atomic mass is 10.3. The summed E-state index contributed by atoms with van der Waals surface area (Å²) in [7, 11) is 0. The first-order valence-electron chi connectivity index (χ1n) is 3.82. The fourth-order valence-electron chi connectivity index (χ4n) is 1.16. The molecule has 2 aromatic rings. The lowest BCUT2D eigenvalue weighted by molar-refractivity contribution is 0.533. The van der Waals surface area contributed by atoms with Crippen LogP contribution in [0, 0.1) is 13.8 Å². The average molecular weight is 195 g/mol. The van der Waals surface area contributed by atoms with Gasteiger partial charge in [-0.3, -0.25) is 0 Å². The molecule has 4 nitrogen and oxygen atoms in total. The molecule has 0 amide bonds. The van der Waals surface area contributed by atoms with Gasteiger partial charge in [-0.25, -0.2) is 9.97 Å². The third-order valence-electron chi connectivity index (χ3n) is 1.66. The Morgan fingerprint density at radius 1 is 1.38 bits per heavy atom. The number of aryl methyl sites for hydroxylation is 2. The van der Waals surface area contributed by atoms with Gasteiger partial charge in [-0.15, -0.1) is 11.3 Å². The molecule has 0 atom stereocenters. The molecule has 68 valence electrons. The van der Waals surface area contributed by atoms with Crippen molar-refractivity contribution in [3.63, 3.8) is 0 Å². The minimum Gasteiger partial charge on any atom is -0.439 e. The van der Waals surface area contributed by atoms with Gasteiger partial charge in [0.1, 0.15) is 5.69 Å². The van der Waals surface area contributed by atoms with E-state index in [1.54, 1.807) is 0 Å². The van der Waals surface area contributed by atoms with E-state index in [2.05, 4.69) is 9.97 Å². The van der Waals surface area contributed by atoms with Gasteiger partial charge in [-0.05, 0) is 6.92 Å². The third-order valence-corrected chi connectivity index (χ3v) is 2.33. The van der Waals surface area contributed by atoms with Crippen LogP contribution in [0.15, 0.2) is 9.80 Å². The smallest absolute Gasteiger partial charge is 0.192 e. The van der Waals surface area contributed by atoms with Crippen LogP contribution in [0.1, 0.15) is 11.6 Å². The maximum atomic E-state index is 5.52. The van der Waals surface area contributed by atoms with Gasteiger partial charge in [0.05, 0.1) is 5.69 Å². The lowest BCUT2D eigenvalue weighted by Crippen LogP contribution is -1.83. The number of rotatable bonds is 1. The van der Waals surface area contributed by atoms with Crippen LogP contribution < -0.4 is 5.73 Å². The number of aromatic nitrogens is 2. The molecule has 0 aromatic carbocycles. The Morgan fingerprint density at radius 3 is 2.62 bits per heavy atom. The van der Waals surface area contributed by atoms with Gasteiger partial charge in [0.2, 0.25) is 0 Å². The van der Waals surface area contributed by atoms with Crippen LogP contribution in [-0.2, 0) is 0 Å². The first-order chi connectivity index (χ1) is 6.16. The first-order valence-corrected chi connectivity index (χ1v) is 4.70. The number of oxazole rings is 1. The average Bonchev–Trinajstić information content (AvgIpc) is 2.58. The molecular weight excluding hydrogens is 186 g/mol. The summed E-state index contributed by atoms with van der Waals surface area (Å²) >= 11 is 1.40. The molecule has 13 heavy (non-hydrogen) atoms. The molecule has 0 fully saturated rings. The zero-order chi connectivity index (χ0) is 9.42. The molecule has 5 heteroatoms. The van der Waals surface area contributed by atoms with E-state index < -0.39 is 0 Å². The van der Waals surface area contributed by atoms with Gasteiger partial charge in [0.15, 0.2) is 16.8 Å². The number of nitrogen functional groups attached to an aromatic ring is 1. The van der Waals surface area contributed by atoms with Gasteiger partial charge in [-0.2, -0.15) is 0 Å². The van der Waals surface area contributed by atoms with Crippen LogP contribution in [-0.4, -0.2) is 9.97 Å². The molecule has 0 saturated carbocycles. The van der Waals surface area contributed by atoms with Gasteiger partial charge < -0.3 is 10.2 Å². The molecule has 2 heterocycles. The minimum atomic E-state index is 0.545. The number of thiazole rings is 1. The van der Waals surface area contributed by atoms with E-state index in [-0.39, 0.29) is 0 Å². The first kappa shape index (κ1) is 8.25. The molecular formula is C8H9N3OS. The number of nitrogens with two attached hydrogens (primary N) is 1. The van der Waals surface area contributed by atoms with Crippen molar-refractivity contribution in [1.29, 1.82) is 0 Å². The molecule has 2 N–H and O–H groups in total. The van der Waals surface area contributed by atoms with Crippen molar-refractivity contribution >= 4 is 16.5 Å². The summed E-state index contributed by atoms with van der Waals surface area (Å²) in [5.74, 6) is 1.37. The summed E-state index contributed by atoms with van der Waals surface area (Å²) < 4.78 is 5.39. The van der Waals surface area contributed by atoms with Crippen molar-refractivity contribution in [3.05, 3.63) is 17.0 Å².